The minimum atomic E-state index is 0.610. The van der Waals surface area contributed by atoms with Gasteiger partial charge in [0.15, 0.2) is 0 Å². The lowest BCUT2D eigenvalue weighted by atomic mass is 10.1. The van der Waals surface area contributed by atoms with Crippen LogP contribution in [-0.4, -0.2) is 37.1 Å². The van der Waals surface area contributed by atoms with Crippen molar-refractivity contribution in [3.63, 3.8) is 0 Å². The van der Waals surface area contributed by atoms with Gasteiger partial charge >= 0.3 is 0 Å². The molecule has 0 bridgehead atoms. The van der Waals surface area contributed by atoms with Crippen LogP contribution in [0.5, 0.6) is 0 Å². The van der Waals surface area contributed by atoms with E-state index in [4.69, 9.17) is 0 Å². The first-order valence-corrected chi connectivity index (χ1v) is 7.23. The fourth-order valence-corrected chi connectivity index (χ4v) is 2.70. The van der Waals surface area contributed by atoms with E-state index in [0.29, 0.717) is 6.04 Å². The summed E-state index contributed by atoms with van der Waals surface area (Å²) in [5.41, 5.74) is 1.45. The predicted molar refractivity (Wildman–Crippen MR) is 77.9 cm³/mol. The summed E-state index contributed by atoms with van der Waals surface area (Å²) in [6.45, 7) is 4.72. The normalized spacial score (nSPS) is 22.2. The second-order valence-electron chi connectivity index (χ2n) is 5.61. The van der Waals surface area contributed by atoms with Crippen molar-refractivity contribution in [2.24, 2.45) is 0 Å². The Morgan fingerprint density at radius 1 is 1.33 bits per heavy atom. The third-order valence-electron chi connectivity index (χ3n) is 4.08. The van der Waals surface area contributed by atoms with Gasteiger partial charge in [-0.1, -0.05) is 30.3 Å². The van der Waals surface area contributed by atoms with E-state index in [1.807, 2.05) is 0 Å². The van der Waals surface area contributed by atoms with Gasteiger partial charge in [-0.15, -0.1) is 0 Å². The summed E-state index contributed by atoms with van der Waals surface area (Å²) in [5, 5.41) is 3.68. The Hall–Kier alpha value is -0.860. The molecule has 1 fully saturated rings. The van der Waals surface area contributed by atoms with E-state index in [9.17, 15) is 0 Å². The molecule has 18 heavy (non-hydrogen) atoms. The summed E-state index contributed by atoms with van der Waals surface area (Å²) in [5.74, 6) is 0. The van der Waals surface area contributed by atoms with Crippen LogP contribution in [0.15, 0.2) is 30.3 Å². The molecule has 0 aliphatic carbocycles. The Bertz CT molecular complexity index is 336. The summed E-state index contributed by atoms with van der Waals surface area (Å²) >= 11 is 0. The molecule has 1 aromatic rings. The molecule has 1 aliphatic rings. The lowest BCUT2D eigenvalue weighted by Gasteiger charge is -2.22. The molecule has 2 heteroatoms. The molecule has 1 aromatic carbocycles. The molecule has 0 aromatic heterocycles. The molecule has 0 spiro atoms. The minimum Gasteiger partial charge on any atom is -0.313 e. The third-order valence-corrected chi connectivity index (χ3v) is 4.08. The predicted octanol–water partition coefficient (Wildman–Crippen LogP) is 2.69. The van der Waals surface area contributed by atoms with Crippen molar-refractivity contribution in [2.45, 2.75) is 44.7 Å². The smallest absolute Gasteiger partial charge is 0.0218 e. The van der Waals surface area contributed by atoms with Crippen LogP contribution in [0, 0.1) is 0 Å². The Labute approximate surface area is 111 Å². The average molecular weight is 246 g/mol. The van der Waals surface area contributed by atoms with Crippen molar-refractivity contribution >= 4 is 0 Å². The van der Waals surface area contributed by atoms with Gasteiger partial charge in [0.05, 0.1) is 0 Å². The maximum Gasteiger partial charge on any atom is 0.0218 e. The highest BCUT2D eigenvalue weighted by Gasteiger charge is 2.20. The molecule has 2 unspecified atom stereocenters. The summed E-state index contributed by atoms with van der Waals surface area (Å²) in [6, 6.07) is 12.1. The van der Waals surface area contributed by atoms with Gasteiger partial charge in [-0.25, -0.2) is 0 Å². The van der Waals surface area contributed by atoms with Crippen molar-refractivity contribution in [3.8, 4) is 0 Å². The molecule has 2 rings (SSSR count). The summed E-state index contributed by atoms with van der Waals surface area (Å²) in [4.78, 5) is 2.48. The van der Waals surface area contributed by atoms with Gasteiger partial charge in [-0.2, -0.15) is 0 Å². The van der Waals surface area contributed by atoms with Crippen LogP contribution in [0.1, 0.15) is 31.7 Å². The summed E-state index contributed by atoms with van der Waals surface area (Å²) in [7, 11) is 2.24. The van der Waals surface area contributed by atoms with Gasteiger partial charge in [-0.05, 0) is 51.8 Å². The van der Waals surface area contributed by atoms with E-state index in [2.05, 4.69) is 54.5 Å². The number of benzene rings is 1. The number of nitrogens with zero attached hydrogens (tertiary/aromatic N) is 1. The lowest BCUT2D eigenvalue weighted by molar-refractivity contribution is 0.291. The topological polar surface area (TPSA) is 15.3 Å². The van der Waals surface area contributed by atoms with E-state index in [-0.39, 0.29) is 0 Å². The fourth-order valence-electron chi connectivity index (χ4n) is 2.70. The van der Waals surface area contributed by atoms with Crippen LogP contribution in [0.3, 0.4) is 0 Å². The molecule has 100 valence electrons. The average Bonchev–Trinajstić information content (AvgIpc) is 2.81. The number of likely N-dealkylation sites (N-methyl/N-ethyl adjacent to an activating group) is 1. The molecule has 2 nitrogen and oxygen atoms in total. The Balaban J connectivity index is 1.64. The number of nitrogens with one attached hydrogen (secondary N) is 1. The maximum absolute atomic E-state index is 3.68. The third kappa shape index (κ3) is 4.11. The highest BCUT2D eigenvalue weighted by Crippen LogP contribution is 2.14. The Kier molecular flexibility index (Phi) is 5.21. The van der Waals surface area contributed by atoms with Gasteiger partial charge in [0.25, 0.3) is 0 Å². The van der Waals surface area contributed by atoms with Crippen LogP contribution in [0.4, 0.5) is 0 Å². The lowest BCUT2D eigenvalue weighted by Crippen LogP contribution is -2.39. The first kappa shape index (κ1) is 13.6. The van der Waals surface area contributed by atoms with Crippen LogP contribution >= 0.6 is 0 Å². The van der Waals surface area contributed by atoms with Crippen molar-refractivity contribution in [2.75, 3.05) is 20.1 Å². The minimum absolute atomic E-state index is 0.610. The number of hydrogen-bond donors (Lipinski definition) is 1. The van der Waals surface area contributed by atoms with Gasteiger partial charge in [0.1, 0.15) is 0 Å². The second kappa shape index (κ2) is 6.91. The van der Waals surface area contributed by atoms with Crippen molar-refractivity contribution in [3.05, 3.63) is 35.9 Å². The molecule has 0 saturated carbocycles. The van der Waals surface area contributed by atoms with E-state index >= 15 is 0 Å². The SMILES string of the molecule is CC(CCc1ccccc1)NCC1CCCN1C. The first-order valence-electron chi connectivity index (χ1n) is 7.23. The molecule has 1 aliphatic heterocycles. The molecular formula is C16H26N2. The maximum atomic E-state index is 3.68. The highest BCUT2D eigenvalue weighted by molar-refractivity contribution is 5.14. The highest BCUT2D eigenvalue weighted by atomic mass is 15.2. The van der Waals surface area contributed by atoms with Gasteiger partial charge in [-0.3, -0.25) is 0 Å². The molecule has 1 saturated heterocycles. The Morgan fingerprint density at radius 2 is 2.11 bits per heavy atom. The molecule has 2 atom stereocenters. The van der Waals surface area contributed by atoms with E-state index in [1.54, 1.807) is 0 Å². The quantitative estimate of drug-likeness (QED) is 0.830. The number of rotatable bonds is 6. The van der Waals surface area contributed by atoms with Gasteiger partial charge in [0.2, 0.25) is 0 Å². The van der Waals surface area contributed by atoms with Crippen molar-refractivity contribution < 1.29 is 0 Å². The number of likely N-dealkylation sites (tertiary alicyclic amines) is 1. The van der Waals surface area contributed by atoms with Crippen LogP contribution in [0.2, 0.25) is 0 Å². The summed E-state index contributed by atoms with van der Waals surface area (Å²) in [6.07, 6.45) is 5.12. The van der Waals surface area contributed by atoms with E-state index in [1.165, 1.54) is 37.8 Å². The number of aryl methyl sites for hydroxylation is 1. The standard InChI is InChI=1S/C16H26N2/c1-14(10-11-15-7-4-3-5-8-15)17-13-16-9-6-12-18(16)2/h3-5,7-8,14,16-17H,6,9-13H2,1-2H3. The van der Waals surface area contributed by atoms with Crippen molar-refractivity contribution in [1.29, 1.82) is 0 Å². The van der Waals surface area contributed by atoms with Crippen LogP contribution < -0.4 is 5.32 Å². The largest absolute Gasteiger partial charge is 0.313 e. The van der Waals surface area contributed by atoms with Crippen molar-refractivity contribution in [1.82, 2.24) is 10.2 Å². The summed E-state index contributed by atoms with van der Waals surface area (Å²) < 4.78 is 0. The fraction of sp³-hybridized carbons (Fsp3) is 0.625. The van der Waals surface area contributed by atoms with Crippen LogP contribution in [-0.2, 0) is 6.42 Å². The van der Waals surface area contributed by atoms with E-state index < -0.39 is 0 Å². The molecule has 1 N–H and O–H groups in total. The first-order chi connectivity index (χ1) is 8.75. The molecule has 0 radical (unpaired) electrons. The monoisotopic (exact) mass is 246 g/mol. The zero-order chi connectivity index (χ0) is 12.8. The molecule has 1 heterocycles. The van der Waals surface area contributed by atoms with Gasteiger partial charge < -0.3 is 10.2 Å². The molecule has 0 amide bonds. The Morgan fingerprint density at radius 3 is 2.78 bits per heavy atom. The number of hydrogen-bond acceptors (Lipinski definition) is 2. The zero-order valence-electron chi connectivity index (χ0n) is 11.7. The van der Waals surface area contributed by atoms with E-state index in [0.717, 1.165) is 12.6 Å². The van der Waals surface area contributed by atoms with Crippen LogP contribution in [0.25, 0.3) is 0 Å². The molecular weight excluding hydrogens is 220 g/mol. The van der Waals surface area contributed by atoms with Gasteiger partial charge in [0, 0.05) is 18.6 Å². The second-order valence-corrected chi connectivity index (χ2v) is 5.61. The zero-order valence-corrected chi connectivity index (χ0v) is 11.7.